The fraction of sp³-hybridized carbons (Fsp3) is 0.882. The molecular formula is C17H27N3O. The Morgan fingerprint density at radius 3 is 2.29 bits per heavy atom. The maximum absolute atomic E-state index is 5.88. The van der Waals surface area contributed by atoms with Crippen LogP contribution < -0.4 is 5.32 Å². The summed E-state index contributed by atoms with van der Waals surface area (Å²) in [7, 11) is 0. The van der Waals surface area contributed by atoms with Crippen LogP contribution >= 0.6 is 0 Å². The monoisotopic (exact) mass is 289 g/mol. The van der Waals surface area contributed by atoms with E-state index in [9.17, 15) is 0 Å². The number of rotatable bonds is 6. The molecule has 4 aliphatic rings. The van der Waals surface area contributed by atoms with E-state index >= 15 is 0 Å². The van der Waals surface area contributed by atoms with Gasteiger partial charge >= 0.3 is 0 Å². The summed E-state index contributed by atoms with van der Waals surface area (Å²) in [5.74, 6) is 4.60. The van der Waals surface area contributed by atoms with E-state index in [4.69, 9.17) is 4.42 Å². The van der Waals surface area contributed by atoms with Gasteiger partial charge in [0.25, 0.3) is 0 Å². The Morgan fingerprint density at radius 1 is 1.05 bits per heavy atom. The van der Waals surface area contributed by atoms with Crippen molar-refractivity contribution in [1.29, 1.82) is 0 Å². The highest BCUT2D eigenvalue weighted by atomic mass is 16.4. The van der Waals surface area contributed by atoms with Crippen LogP contribution in [0.3, 0.4) is 0 Å². The standard InChI is InChI=1S/C17H27N3O/c1-2-3-18-11-16-20-19-15(21-16)10-17-7-12-4-13(8-17)6-14(5-12)9-17/h12-14,18H,2-11H2,1H3. The van der Waals surface area contributed by atoms with Crippen molar-refractivity contribution in [2.45, 2.75) is 64.8 Å². The summed E-state index contributed by atoms with van der Waals surface area (Å²) in [6, 6.07) is 0. The molecule has 1 heterocycles. The third-order valence-electron chi connectivity index (χ3n) is 5.90. The first kappa shape index (κ1) is 13.7. The molecule has 0 saturated heterocycles. The quantitative estimate of drug-likeness (QED) is 0.816. The van der Waals surface area contributed by atoms with E-state index in [1.54, 1.807) is 0 Å². The van der Waals surface area contributed by atoms with Gasteiger partial charge in [0.1, 0.15) is 0 Å². The summed E-state index contributed by atoms with van der Waals surface area (Å²) < 4.78 is 5.88. The number of nitrogens with zero attached hydrogens (tertiary/aromatic N) is 2. The molecule has 4 aliphatic carbocycles. The summed E-state index contributed by atoms with van der Waals surface area (Å²) in [6.45, 7) is 3.88. The van der Waals surface area contributed by atoms with E-state index < -0.39 is 0 Å². The smallest absolute Gasteiger partial charge is 0.230 e. The molecule has 4 bridgehead atoms. The van der Waals surface area contributed by atoms with Crippen molar-refractivity contribution >= 4 is 0 Å². The topological polar surface area (TPSA) is 51.0 Å². The van der Waals surface area contributed by atoms with E-state index in [0.717, 1.165) is 48.9 Å². The lowest BCUT2D eigenvalue weighted by atomic mass is 9.49. The summed E-state index contributed by atoms with van der Waals surface area (Å²) in [5.41, 5.74) is 0.495. The zero-order chi connectivity index (χ0) is 14.3. The van der Waals surface area contributed by atoms with E-state index in [2.05, 4.69) is 22.4 Å². The molecule has 116 valence electrons. The fourth-order valence-corrected chi connectivity index (χ4v) is 5.63. The summed E-state index contributed by atoms with van der Waals surface area (Å²) in [6.07, 6.45) is 10.9. The molecule has 4 nitrogen and oxygen atoms in total. The van der Waals surface area contributed by atoms with E-state index in [1.165, 1.54) is 38.5 Å². The molecule has 0 unspecified atom stereocenters. The van der Waals surface area contributed by atoms with Gasteiger partial charge in [0.15, 0.2) is 0 Å². The first-order valence-electron chi connectivity index (χ1n) is 8.77. The third-order valence-corrected chi connectivity index (χ3v) is 5.90. The molecule has 21 heavy (non-hydrogen) atoms. The van der Waals surface area contributed by atoms with Crippen molar-refractivity contribution < 1.29 is 4.42 Å². The highest BCUT2D eigenvalue weighted by molar-refractivity contribution is 5.04. The Labute approximate surface area is 127 Å². The molecule has 4 saturated carbocycles. The average molecular weight is 289 g/mol. The van der Waals surface area contributed by atoms with Gasteiger partial charge in [0.05, 0.1) is 6.54 Å². The van der Waals surface area contributed by atoms with Crippen LogP contribution in [0.15, 0.2) is 4.42 Å². The van der Waals surface area contributed by atoms with Crippen molar-refractivity contribution in [1.82, 2.24) is 15.5 Å². The Morgan fingerprint density at radius 2 is 1.67 bits per heavy atom. The summed E-state index contributed by atoms with van der Waals surface area (Å²) >= 11 is 0. The van der Waals surface area contributed by atoms with Crippen molar-refractivity contribution in [2.75, 3.05) is 6.54 Å². The zero-order valence-electron chi connectivity index (χ0n) is 13.1. The Hall–Kier alpha value is -0.900. The molecule has 0 aromatic carbocycles. The van der Waals surface area contributed by atoms with Crippen molar-refractivity contribution in [2.24, 2.45) is 23.2 Å². The van der Waals surface area contributed by atoms with Gasteiger partial charge in [-0.3, -0.25) is 0 Å². The van der Waals surface area contributed by atoms with Gasteiger partial charge in [-0.1, -0.05) is 6.92 Å². The minimum Gasteiger partial charge on any atom is -0.424 e. The molecule has 0 spiro atoms. The first-order chi connectivity index (χ1) is 10.2. The van der Waals surface area contributed by atoms with Gasteiger partial charge in [0, 0.05) is 6.42 Å². The predicted molar refractivity (Wildman–Crippen MR) is 80.6 cm³/mol. The van der Waals surface area contributed by atoms with Crippen LogP contribution in [0.5, 0.6) is 0 Å². The van der Waals surface area contributed by atoms with Gasteiger partial charge in [-0.05, 0) is 74.7 Å². The highest BCUT2D eigenvalue weighted by Gasteiger charge is 2.51. The van der Waals surface area contributed by atoms with Crippen molar-refractivity contribution in [3.8, 4) is 0 Å². The maximum atomic E-state index is 5.88. The predicted octanol–water partition coefficient (Wildman–Crippen LogP) is 3.33. The van der Waals surface area contributed by atoms with Crippen LogP contribution in [0.2, 0.25) is 0 Å². The summed E-state index contributed by atoms with van der Waals surface area (Å²) in [4.78, 5) is 0. The number of hydrogen-bond donors (Lipinski definition) is 1. The second-order valence-corrected chi connectivity index (χ2v) is 7.86. The van der Waals surface area contributed by atoms with E-state index in [-0.39, 0.29) is 0 Å². The second kappa shape index (κ2) is 5.38. The van der Waals surface area contributed by atoms with Crippen LogP contribution in [-0.4, -0.2) is 16.7 Å². The SMILES string of the molecule is CCCNCc1nnc(CC23CC4CC(CC(C4)C2)C3)o1. The van der Waals surface area contributed by atoms with E-state index in [0.29, 0.717) is 12.0 Å². The minimum absolute atomic E-state index is 0.495. The summed E-state index contributed by atoms with van der Waals surface area (Å²) in [5, 5.41) is 11.8. The lowest BCUT2D eigenvalue weighted by molar-refractivity contribution is -0.0552. The molecule has 1 aromatic heterocycles. The van der Waals surface area contributed by atoms with Crippen molar-refractivity contribution in [3.63, 3.8) is 0 Å². The van der Waals surface area contributed by atoms with Crippen LogP contribution in [0.1, 0.15) is 63.7 Å². The zero-order valence-corrected chi connectivity index (χ0v) is 13.1. The van der Waals surface area contributed by atoms with Gasteiger partial charge in [0.2, 0.25) is 11.8 Å². The van der Waals surface area contributed by atoms with Gasteiger partial charge < -0.3 is 9.73 Å². The molecule has 4 fully saturated rings. The van der Waals surface area contributed by atoms with Crippen LogP contribution in [0.25, 0.3) is 0 Å². The maximum Gasteiger partial charge on any atom is 0.230 e. The minimum atomic E-state index is 0.495. The third kappa shape index (κ3) is 2.75. The van der Waals surface area contributed by atoms with Gasteiger partial charge in [-0.2, -0.15) is 0 Å². The Kier molecular flexibility index (Phi) is 3.52. The van der Waals surface area contributed by atoms with Crippen molar-refractivity contribution in [3.05, 3.63) is 11.8 Å². The van der Waals surface area contributed by atoms with Crippen LogP contribution in [0.4, 0.5) is 0 Å². The van der Waals surface area contributed by atoms with E-state index in [1.807, 2.05) is 0 Å². The number of hydrogen-bond acceptors (Lipinski definition) is 4. The molecule has 4 heteroatoms. The molecule has 1 N–H and O–H groups in total. The molecule has 0 aliphatic heterocycles. The molecular weight excluding hydrogens is 262 g/mol. The molecule has 5 rings (SSSR count). The highest BCUT2D eigenvalue weighted by Crippen LogP contribution is 2.60. The van der Waals surface area contributed by atoms with Gasteiger partial charge in [-0.15, -0.1) is 10.2 Å². The largest absolute Gasteiger partial charge is 0.424 e. The van der Waals surface area contributed by atoms with Gasteiger partial charge in [-0.25, -0.2) is 0 Å². The molecule has 0 atom stereocenters. The first-order valence-corrected chi connectivity index (χ1v) is 8.77. The second-order valence-electron chi connectivity index (χ2n) is 7.86. The number of aromatic nitrogens is 2. The molecule has 1 aromatic rings. The fourth-order valence-electron chi connectivity index (χ4n) is 5.63. The van der Waals surface area contributed by atoms with Crippen LogP contribution in [-0.2, 0) is 13.0 Å². The molecule has 0 amide bonds. The number of nitrogens with one attached hydrogen (secondary N) is 1. The lowest BCUT2D eigenvalue weighted by Gasteiger charge is -2.56. The molecule has 0 radical (unpaired) electrons. The normalized spacial score (nSPS) is 37.3. The lowest BCUT2D eigenvalue weighted by Crippen LogP contribution is -2.47. The van der Waals surface area contributed by atoms with Crippen LogP contribution in [0, 0.1) is 23.2 Å². The Balaban J connectivity index is 1.41. The average Bonchev–Trinajstić information content (AvgIpc) is 2.84. The Bertz CT molecular complexity index is 461.